The Morgan fingerprint density at radius 2 is 1.79 bits per heavy atom. The normalized spacial score (nSPS) is 22.7. The minimum atomic E-state index is -1.51. The van der Waals surface area contributed by atoms with Crippen LogP contribution in [0, 0.1) is 18.3 Å². The van der Waals surface area contributed by atoms with E-state index < -0.39 is 36.4 Å². The van der Waals surface area contributed by atoms with Crippen molar-refractivity contribution < 1.29 is 38.1 Å². The molecule has 0 amide bonds. The van der Waals surface area contributed by atoms with Gasteiger partial charge in [-0.15, -0.1) is 12.3 Å². The van der Waals surface area contributed by atoms with Crippen molar-refractivity contribution in [2.45, 2.75) is 45.7 Å². The maximum absolute atomic E-state index is 11.8. The first-order chi connectivity index (χ1) is 11.4. The van der Waals surface area contributed by atoms with Crippen molar-refractivity contribution in [3.05, 3.63) is 0 Å². The lowest BCUT2D eigenvalue weighted by atomic mass is 10.0. The molecule has 1 aliphatic rings. The third kappa shape index (κ3) is 5.83. The molecule has 1 heterocycles. The van der Waals surface area contributed by atoms with E-state index in [0.29, 0.717) is 6.42 Å². The van der Waals surface area contributed by atoms with Crippen LogP contribution in [0.15, 0.2) is 0 Å². The summed E-state index contributed by atoms with van der Waals surface area (Å²) in [5.74, 6) is -0.0362. The van der Waals surface area contributed by atoms with Gasteiger partial charge >= 0.3 is 17.9 Å². The lowest BCUT2D eigenvalue weighted by Crippen LogP contribution is -2.39. The van der Waals surface area contributed by atoms with Gasteiger partial charge in [0.25, 0.3) is 6.10 Å². The Kier molecular flexibility index (Phi) is 8.22. The average molecular weight is 342 g/mol. The summed E-state index contributed by atoms with van der Waals surface area (Å²) in [4.78, 5) is 34.6. The Labute approximate surface area is 140 Å². The van der Waals surface area contributed by atoms with Gasteiger partial charge in [-0.2, -0.15) is 0 Å². The number of terminal acetylenes is 1. The van der Waals surface area contributed by atoms with Crippen LogP contribution < -0.4 is 0 Å². The van der Waals surface area contributed by atoms with E-state index in [1.54, 1.807) is 13.8 Å². The van der Waals surface area contributed by atoms with Crippen molar-refractivity contribution in [1.82, 2.24) is 0 Å². The smallest absolute Gasteiger partial charge is 0.347 e. The molecular weight excluding hydrogens is 320 g/mol. The van der Waals surface area contributed by atoms with Gasteiger partial charge in [0.15, 0.2) is 0 Å². The van der Waals surface area contributed by atoms with Crippen molar-refractivity contribution in [3.63, 3.8) is 0 Å². The maximum atomic E-state index is 11.8. The van der Waals surface area contributed by atoms with Crippen molar-refractivity contribution >= 4 is 17.9 Å². The number of rotatable bonds is 8. The molecule has 3 atom stereocenters. The monoisotopic (exact) mass is 342 g/mol. The van der Waals surface area contributed by atoms with Crippen LogP contribution in [0.25, 0.3) is 0 Å². The molecule has 0 bridgehead atoms. The minimum Gasteiger partial charge on any atom is -0.464 e. The zero-order valence-corrected chi connectivity index (χ0v) is 14.0. The lowest BCUT2D eigenvalue weighted by Gasteiger charge is -2.19. The fourth-order valence-corrected chi connectivity index (χ4v) is 2.16. The average Bonchev–Trinajstić information content (AvgIpc) is 2.89. The van der Waals surface area contributed by atoms with Crippen LogP contribution in [0.3, 0.4) is 0 Å². The topological polar surface area (TPSA) is 97.4 Å². The highest BCUT2D eigenvalue weighted by Crippen LogP contribution is 2.27. The highest BCUT2D eigenvalue weighted by molar-refractivity contribution is 5.98. The van der Waals surface area contributed by atoms with Crippen molar-refractivity contribution in [2.75, 3.05) is 19.8 Å². The van der Waals surface area contributed by atoms with Gasteiger partial charge in [0.1, 0.15) is 0 Å². The molecule has 0 N–H and O–H groups in total. The molecule has 1 rings (SSSR count). The second-order valence-corrected chi connectivity index (χ2v) is 4.94. The summed E-state index contributed by atoms with van der Waals surface area (Å²) in [6.45, 7) is 4.53. The first-order valence-electron chi connectivity index (χ1n) is 7.66. The molecule has 0 aromatic carbocycles. The van der Waals surface area contributed by atoms with E-state index >= 15 is 0 Å². The van der Waals surface area contributed by atoms with Gasteiger partial charge in [0, 0.05) is 13.3 Å². The molecular formula is C16H22O8. The molecule has 24 heavy (non-hydrogen) atoms. The van der Waals surface area contributed by atoms with E-state index in [2.05, 4.69) is 5.92 Å². The summed E-state index contributed by atoms with van der Waals surface area (Å²) in [5, 5.41) is 0. The van der Waals surface area contributed by atoms with Crippen LogP contribution in [0.4, 0.5) is 0 Å². The molecule has 0 spiro atoms. The Balaban J connectivity index is 2.67. The summed E-state index contributed by atoms with van der Waals surface area (Å²) in [5.41, 5.74) is 0. The molecule has 0 aliphatic carbocycles. The van der Waals surface area contributed by atoms with Gasteiger partial charge in [-0.1, -0.05) is 0 Å². The second kappa shape index (κ2) is 9.90. The predicted molar refractivity (Wildman–Crippen MR) is 80.4 cm³/mol. The van der Waals surface area contributed by atoms with Gasteiger partial charge in [-0.05, 0) is 13.8 Å². The number of esters is 3. The Bertz CT molecular complexity index is 477. The van der Waals surface area contributed by atoms with E-state index in [-0.39, 0.29) is 25.7 Å². The number of hydrogen-bond donors (Lipinski definition) is 0. The Morgan fingerprint density at radius 3 is 2.25 bits per heavy atom. The maximum Gasteiger partial charge on any atom is 0.347 e. The van der Waals surface area contributed by atoms with Crippen LogP contribution >= 0.6 is 0 Å². The van der Waals surface area contributed by atoms with Crippen LogP contribution in [0.2, 0.25) is 0 Å². The fourth-order valence-electron chi connectivity index (χ4n) is 2.16. The lowest BCUT2D eigenvalue weighted by molar-refractivity contribution is -0.183. The van der Waals surface area contributed by atoms with E-state index in [1.165, 1.54) is 6.92 Å². The minimum absolute atomic E-state index is 0.0968. The number of ether oxygens (including phenoxy) is 5. The molecule has 1 fully saturated rings. The van der Waals surface area contributed by atoms with Crippen LogP contribution in [-0.2, 0) is 38.1 Å². The summed E-state index contributed by atoms with van der Waals surface area (Å²) in [6, 6.07) is 0. The molecule has 0 saturated carbocycles. The third-order valence-corrected chi connectivity index (χ3v) is 3.16. The molecule has 0 aromatic rings. The van der Waals surface area contributed by atoms with Gasteiger partial charge in [-0.25, -0.2) is 9.59 Å². The second-order valence-electron chi connectivity index (χ2n) is 4.94. The summed E-state index contributed by atoms with van der Waals surface area (Å²) >= 11 is 0. The molecule has 8 heteroatoms. The quantitative estimate of drug-likeness (QED) is 0.271. The van der Waals surface area contributed by atoms with Gasteiger partial charge in [0.2, 0.25) is 6.29 Å². The van der Waals surface area contributed by atoms with Gasteiger partial charge < -0.3 is 23.7 Å². The molecule has 3 unspecified atom stereocenters. The zero-order valence-electron chi connectivity index (χ0n) is 14.0. The summed E-state index contributed by atoms with van der Waals surface area (Å²) in [7, 11) is 0. The Morgan fingerprint density at radius 1 is 1.21 bits per heavy atom. The van der Waals surface area contributed by atoms with Gasteiger partial charge in [-0.3, -0.25) is 4.79 Å². The van der Waals surface area contributed by atoms with Crippen LogP contribution in [0.1, 0.15) is 27.2 Å². The first kappa shape index (κ1) is 19.9. The van der Waals surface area contributed by atoms with Crippen molar-refractivity contribution in [1.29, 1.82) is 0 Å². The predicted octanol–water partition coefficient (Wildman–Crippen LogP) is 0.425. The number of carbonyl (C=O) groups is 3. The Hall–Kier alpha value is -2.11. The SMILES string of the molecule is C#CC1CC(OC(C)=O)OC1COC(C(=O)OCC)C(=O)OCC. The van der Waals surface area contributed by atoms with Crippen LogP contribution in [0.5, 0.6) is 0 Å². The summed E-state index contributed by atoms with van der Waals surface area (Å²) in [6.07, 6.45) is 2.83. The van der Waals surface area contributed by atoms with Crippen molar-refractivity contribution in [3.8, 4) is 12.3 Å². The molecule has 1 saturated heterocycles. The highest BCUT2D eigenvalue weighted by atomic mass is 16.7. The van der Waals surface area contributed by atoms with E-state index in [0.717, 1.165) is 0 Å². The molecule has 1 aliphatic heterocycles. The zero-order chi connectivity index (χ0) is 18.1. The standard InChI is InChI=1S/C16H22O8/c1-5-11-8-13(23-10(4)17)24-12(11)9-22-14(15(18)20-6-2)16(19)21-7-3/h1,11-14H,6-9H2,2-4H3. The van der Waals surface area contributed by atoms with Crippen LogP contribution in [-0.4, -0.2) is 56.2 Å². The molecule has 0 aromatic heterocycles. The molecule has 8 nitrogen and oxygen atoms in total. The largest absolute Gasteiger partial charge is 0.464 e. The van der Waals surface area contributed by atoms with E-state index in [4.69, 9.17) is 30.1 Å². The van der Waals surface area contributed by atoms with E-state index in [1.807, 2.05) is 0 Å². The highest BCUT2D eigenvalue weighted by Gasteiger charge is 2.38. The molecule has 134 valence electrons. The summed E-state index contributed by atoms with van der Waals surface area (Å²) < 4.78 is 25.4. The number of hydrogen-bond acceptors (Lipinski definition) is 8. The fraction of sp³-hybridized carbons (Fsp3) is 0.688. The first-order valence-corrected chi connectivity index (χ1v) is 7.66. The number of carbonyl (C=O) groups excluding carboxylic acids is 3. The third-order valence-electron chi connectivity index (χ3n) is 3.16. The van der Waals surface area contributed by atoms with Crippen molar-refractivity contribution in [2.24, 2.45) is 5.92 Å². The van der Waals surface area contributed by atoms with Gasteiger partial charge in [0.05, 0.1) is 31.8 Å². The van der Waals surface area contributed by atoms with E-state index in [9.17, 15) is 14.4 Å². The molecule has 0 radical (unpaired) electrons.